The smallest absolute Gasteiger partial charge is 0.230 e. The molecule has 0 radical (unpaired) electrons. The zero-order chi connectivity index (χ0) is 10.1. The molecule has 1 rings (SSSR count). The lowest BCUT2D eigenvalue weighted by Crippen LogP contribution is -2.35. The van der Waals surface area contributed by atoms with Gasteiger partial charge in [-0.15, -0.1) is 0 Å². The molecule has 74 valence electrons. The maximum Gasteiger partial charge on any atom is 0.230 e. The van der Waals surface area contributed by atoms with Gasteiger partial charge in [-0.1, -0.05) is 0 Å². The number of nitrogens with zero attached hydrogens (tertiary/aromatic N) is 2. The van der Waals surface area contributed by atoms with E-state index >= 15 is 0 Å². The Hall–Kier alpha value is -0.640. The first kappa shape index (κ1) is 10.4. The summed E-state index contributed by atoms with van der Waals surface area (Å²) in [4.78, 5) is 0. The number of nitriles is 1. The van der Waals surface area contributed by atoms with E-state index in [4.69, 9.17) is 10.4 Å². The average Bonchev–Trinajstić information content (AvgIpc) is 2.50. The maximum atomic E-state index is 11.5. The van der Waals surface area contributed by atoms with E-state index in [1.807, 2.05) is 0 Å². The molecule has 0 spiro atoms. The van der Waals surface area contributed by atoms with Gasteiger partial charge in [0.25, 0.3) is 0 Å². The number of aliphatic hydroxyl groups excluding tert-OH is 1. The van der Waals surface area contributed by atoms with Gasteiger partial charge in [-0.25, -0.2) is 8.42 Å². The monoisotopic (exact) mass is 204 g/mol. The Labute approximate surface area is 77.6 Å². The van der Waals surface area contributed by atoms with E-state index < -0.39 is 21.4 Å². The molecule has 0 aromatic carbocycles. The first-order valence-electron chi connectivity index (χ1n) is 4.05. The van der Waals surface area contributed by atoms with Crippen LogP contribution in [-0.2, 0) is 10.0 Å². The van der Waals surface area contributed by atoms with Gasteiger partial charge in [-0.05, 0) is 13.3 Å². The van der Waals surface area contributed by atoms with Crippen molar-refractivity contribution in [1.29, 1.82) is 5.26 Å². The van der Waals surface area contributed by atoms with Crippen molar-refractivity contribution in [2.75, 3.05) is 13.1 Å². The van der Waals surface area contributed by atoms with Crippen LogP contribution in [0.3, 0.4) is 0 Å². The van der Waals surface area contributed by atoms with Gasteiger partial charge in [0, 0.05) is 13.1 Å². The van der Waals surface area contributed by atoms with E-state index in [2.05, 4.69) is 0 Å². The number of hydrogen-bond donors (Lipinski definition) is 1. The second-order valence-corrected chi connectivity index (χ2v) is 5.37. The zero-order valence-corrected chi connectivity index (χ0v) is 8.16. The van der Waals surface area contributed by atoms with E-state index in [-0.39, 0.29) is 6.54 Å². The van der Waals surface area contributed by atoms with Crippen LogP contribution < -0.4 is 0 Å². The van der Waals surface area contributed by atoms with Crippen LogP contribution in [0.1, 0.15) is 13.3 Å². The Morgan fingerprint density at radius 1 is 1.69 bits per heavy atom. The predicted octanol–water partition coefficient (Wildman–Crippen LogP) is -0.705. The highest BCUT2D eigenvalue weighted by molar-refractivity contribution is 7.89. The second kappa shape index (κ2) is 3.62. The van der Waals surface area contributed by atoms with Gasteiger partial charge >= 0.3 is 0 Å². The third kappa shape index (κ3) is 1.99. The summed E-state index contributed by atoms with van der Waals surface area (Å²) in [5.41, 5.74) is 0. The molecule has 0 amide bonds. The molecule has 0 bridgehead atoms. The summed E-state index contributed by atoms with van der Waals surface area (Å²) in [5, 5.41) is 16.6. The topological polar surface area (TPSA) is 81.4 Å². The van der Waals surface area contributed by atoms with E-state index in [1.54, 1.807) is 6.07 Å². The van der Waals surface area contributed by atoms with Crippen LogP contribution in [0.2, 0.25) is 0 Å². The second-order valence-electron chi connectivity index (χ2n) is 3.12. The van der Waals surface area contributed by atoms with Gasteiger partial charge in [0.1, 0.15) is 0 Å². The van der Waals surface area contributed by atoms with Crippen molar-refractivity contribution in [2.24, 2.45) is 0 Å². The molecule has 5 nitrogen and oxygen atoms in total. The highest BCUT2D eigenvalue weighted by Gasteiger charge is 2.34. The molecule has 1 aliphatic heterocycles. The molecule has 1 aliphatic rings. The van der Waals surface area contributed by atoms with Crippen LogP contribution in [0.25, 0.3) is 0 Å². The van der Waals surface area contributed by atoms with Crippen molar-refractivity contribution >= 4 is 10.0 Å². The fraction of sp³-hybridized carbons (Fsp3) is 0.857. The van der Waals surface area contributed by atoms with Crippen molar-refractivity contribution < 1.29 is 13.5 Å². The lowest BCUT2D eigenvalue weighted by Gasteiger charge is -2.16. The van der Waals surface area contributed by atoms with Gasteiger partial charge in [-0.3, -0.25) is 0 Å². The third-order valence-electron chi connectivity index (χ3n) is 2.11. The molecular formula is C7H12N2O3S. The van der Waals surface area contributed by atoms with E-state index in [9.17, 15) is 8.42 Å². The van der Waals surface area contributed by atoms with Gasteiger partial charge in [0.2, 0.25) is 10.0 Å². The Bertz CT molecular complexity index is 319. The first-order valence-corrected chi connectivity index (χ1v) is 5.55. The van der Waals surface area contributed by atoms with E-state index in [1.165, 1.54) is 11.2 Å². The van der Waals surface area contributed by atoms with E-state index in [0.717, 1.165) is 0 Å². The summed E-state index contributed by atoms with van der Waals surface area (Å²) in [6.07, 6.45) is -0.127. The van der Waals surface area contributed by atoms with Crippen LogP contribution in [0.4, 0.5) is 0 Å². The maximum absolute atomic E-state index is 11.5. The van der Waals surface area contributed by atoms with Crippen LogP contribution in [0.5, 0.6) is 0 Å². The number of rotatable bonds is 2. The Morgan fingerprint density at radius 3 is 2.69 bits per heavy atom. The van der Waals surface area contributed by atoms with Crippen molar-refractivity contribution in [3.8, 4) is 6.07 Å². The van der Waals surface area contributed by atoms with Crippen LogP contribution in [0.15, 0.2) is 0 Å². The van der Waals surface area contributed by atoms with Crippen molar-refractivity contribution in [2.45, 2.75) is 24.7 Å². The molecule has 0 saturated carbocycles. The molecule has 2 atom stereocenters. The molecule has 1 N–H and O–H groups in total. The summed E-state index contributed by atoms with van der Waals surface area (Å²) in [5.74, 6) is 0. The number of hydrogen-bond acceptors (Lipinski definition) is 4. The average molecular weight is 204 g/mol. The fourth-order valence-electron chi connectivity index (χ4n) is 1.23. The van der Waals surface area contributed by atoms with Crippen LogP contribution in [0, 0.1) is 11.3 Å². The highest BCUT2D eigenvalue weighted by Crippen LogP contribution is 2.16. The normalized spacial score (nSPS) is 27.0. The molecular weight excluding hydrogens is 192 g/mol. The molecule has 13 heavy (non-hydrogen) atoms. The molecule has 1 saturated heterocycles. The fourth-order valence-corrected chi connectivity index (χ4v) is 2.55. The minimum atomic E-state index is -3.51. The molecule has 1 heterocycles. The third-order valence-corrected chi connectivity index (χ3v) is 4.17. The van der Waals surface area contributed by atoms with Gasteiger partial charge < -0.3 is 5.11 Å². The highest BCUT2D eigenvalue weighted by atomic mass is 32.2. The summed E-state index contributed by atoms with van der Waals surface area (Å²) < 4.78 is 24.2. The summed E-state index contributed by atoms with van der Waals surface area (Å²) in [7, 11) is -3.51. The molecule has 2 unspecified atom stereocenters. The van der Waals surface area contributed by atoms with Gasteiger partial charge in [-0.2, -0.15) is 9.57 Å². The van der Waals surface area contributed by atoms with E-state index in [0.29, 0.717) is 13.0 Å². The van der Waals surface area contributed by atoms with Crippen LogP contribution in [-0.4, -0.2) is 42.3 Å². The van der Waals surface area contributed by atoms with Crippen molar-refractivity contribution in [1.82, 2.24) is 4.31 Å². The number of β-amino-alcohol motifs (C(OH)–C–C–N with tert-alkyl or cyclic N) is 1. The molecule has 6 heteroatoms. The predicted molar refractivity (Wildman–Crippen MR) is 46.2 cm³/mol. The largest absolute Gasteiger partial charge is 0.392 e. The molecule has 1 fully saturated rings. The number of sulfonamides is 1. The standard InChI is InChI=1S/C7H12N2O3S/c1-6(4-8)13(11,12)9-3-2-7(10)5-9/h6-7,10H,2-3,5H2,1H3. The Kier molecular flexibility index (Phi) is 2.91. The van der Waals surface area contributed by atoms with Gasteiger partial charge in [0.05, 0.1) is 12.2 Å². The number of aliphatic hydroxyl groups is 1. The quantitative estimate of drug-likeness (QED) is 0.644. The van der Waals surface area contributed by atoms with Gasteiger partial charge in [0.15, 0.2) is 5.25 Å². The minimum Gasteiger partial charge on any atom is -0.392 e. The summed E-state index contributed by atoms with van der Waals surface area (Å²) in [6.45, 7) is 1.78. The Balaban J connectivity index is 2.78. The summed E-state index contributed by atoms with van der Waals surface area (Å²) >= 11 is 0. The lowest BCUT2D eigenvalue weighted by atomic mass is 10.3. The van der Waals surface area contributed by atoms with Crippen molar-refractivity contribution in [3.63, 3.8) is 0 Å². The van der Waals surface area contributed by atoms with Crippen LogP contribution >= 0.6 is 0 Å². The first-order chi connectivity index (χ1) is 5.98. The zero-order valence-electron chi connectivity index (χ0n) is 7.34. The molecule has 0 aliphatic carbocycles. The minimum absolute atomic E-state index is 0.119. The summed E-state index contributed by atoms with van der Waals surface area (Å²) in [6, 6.07) is 1.69. The molecule has 0 aromatic heterocycles. The Morgan fingerprint density at radius 2 is 2.31 bits per heavy atom. The molecule has 0 aromatic rings. The lowest BCUT2D eigenvalue weighted by molar-refractivity contribution is 0.189. The van der Waals surface area contributed by atoms with Crippen molar-refractivity contribution in [3.05, 3.63) is 0 Å². The SMILES string of the molecule is CC(C#N)S(=O)(=O)N1CCC(O)C1.